The fraction of sp³-hybridized carbons (Fsp3) is 1.00. The summed E-state index contributed by atoms with van der Waals surface area (Å²) in [5.74, 6) is 0.738. The molecule has 1 aliphatic rings. The predicted octanol–water partition coefficient (Wildman–Crippen LogP) is 2.28. The molecular formula is C16H35N3. The van der Waals surface area contributed by atoms with Gasteiger partial charge in [-0.15, -0.1) is 0 Å². The minimum absolute atomic E-state index is 0.354. The fourth-order valence-electron chi connectivity index (χ4n) is 3.00. The highest BCUT2D eigenvalue weighted by atomic mass is 15.2. The summed E-state index contributed by atoms with van der Waals surface area (Å²) in [7, 11) is 4.54. The Morgan fingerprint density at radius 1 is 1.26 bits per heavy atom. The number of hydrogen-bond donors (Lipinski definition) is 1. The van der Waals surface area contributed by atoms with Crippen LogP contribution in [0, 0.1) is 11.3 Å². The molecule has 0 atom stereocenters. The van der Waals surface area contributed by atoms with Gasteiger partial charge in [0, 0.05) is 19.1 Å². The van der Waals surface area contributed by atoms with Crippen molar-refractivity contribution in [2.75, 3.05) is 46.8 Å². The summed E-state index contributed by atoms with van der Waals surface area (Å²) in [5.41, 5.74) is 0.354. The molecular weight excluding hydrogens is 234 g/mol. The van der Waals surface area contributed by atoms with E-state index in [0.29, 0.717) is 5.41 Å². The van der Waals surface area contributed by atoms with E-state index in [4.69, 9.17) is 0 Å². The molecule has 3 nitrogen and oxygen atoms in total. The predicted molar refractivity (Wildman–Crippen MR) is 84.6 cm³/mol. The van der Waals surface area contributed by atoms with Gasteiger partial charge in [-0.05, 0) is 57.9 Å². The topological polar surface area (TPSA) is 18.5 Å². The van der Waals surface area contributed by atoms with Crippen LogP contribution in [0.2, 0.25) is 0 Å². The second kappa shape index (κ2) is 7.61. The van der Waals surface area contributed by atoms with Crippen molar-refractivity contribution in [1.82, 2.24) is 15.1 Å². The Hall–Kier alpha value is -0.120. The molecule has 0 aromatic carbocycles. The van der Waals surface area contributed by atoms with Crippen LogP contribution in [0.1, 0.15) is 40.5 Å². The molecule has 0 bridgehead atoms. The highest BCUT2D eigenvalue weighted by Gasteiger charge is 2.26. The quantitative estimate of drug-likeness (QED) is 0.765. The molecule has 0 unspecified atom stereocenters. The first-order valence-electron chi connectivity index (χ1n) is 7.89. The Bertz CT molecular complexity index is 242. The molecule has 0 spiro atoms. The number of piperidine rings is 1. The lowest BCUT2D eigenvalue weighted by atomic mass is 9.91. The zero-order valence-electron chi connectivity index (χ0n) is 14.0. The molecule has 1 heterocycles. The molecule has 0 radical (unpaired) electrons. The van der Waals surface area contributed by atoms with Gasteiger partial charge in [0.05, 0.1) is 0 Å². The highest BCUT2D eigenvalue weighted by molar-refractivity contribution is 4.82. The standard InChI is InChI=1S/C16H35N3/c1-14(2)11-17-12-16(3,4)13-19(6)15-7-9-18(5)10-8-15/h14-15,17H,7-13H2,1-6H3. The van der Waals surface area contributed by atoms with Gasteiger partial charge in [-0.3, -0.25) is 0 Å². The third-order valence-electron chi connectivity index (χ3n) is 4.15. The average molecular weight is 269 g/mol. The molecule has 1 rings (SSSR count). The van der Waals surface area contributed by atoms with E-state index in [0.717, 1.165) is 25.0 Å². The molecule has 0 saturated carbocycles. The van der Waals surface area contributed by atoms with Crippen molar-refractivity contribution in [3.05, 3.63) is 0 Å². The summed E-state index contributed by atoms with van der Waals surface area (Å²) in [4.78, 5) is 5.03. The van der Waals surface area contributed by atoms with Gasteiger partial charge < -0.3 is 15.1 Å². The molecule has 1 fully saturated rings. The van der Waals surface area contributed by atoms with Gasteiger partial charge in [0.15, 0.2) is 0 Å². The molecule has 1 saturated heterocycles. The lowest BCUT2D eigenvalue weighted by Crippen LogP contribution is -2.47. The molecule has 0 amide bonds. The first kappa shape index (κ1) is 16.9. The van der Waals surface area contributed by atoms with Gasteiger partial charge >= 0.3 is 0 Å². The molecule has 0 aliphatic carbocycles. The van der Waals surface area contributed by atoms with Crippen molar-refractivity contribution in [1.29, 1.82) is 0 Å². The van der Waals surface area contributed by atoms with Crippen molar-refractivity contribution in [2.45, 2.75) is 46.6 Å². The molecule has 19 heavy (non-hydrogen) atoms. The van der Waals surface area contributed by atoms with Crippen LogP contribution in [0.25, 0.3) is 0 Å². The molecule has 114 valence electrons. The van der Waals surface area contributed by atoms with Gasteiger partial charge in [-0.2, -0.15) is 0 Å². The van der Waals surface area contributed by atoms with Gasteiger partial charge in [-0.1, -0.05) is 27.7 Å². The van der Waals surface area contributed by atoms with E-state index < -0.39 is 0 Å². The second-order valence-corrected chi connectivity index (χ2v) is 7.64. The summed E-state index contributed by atoms with van der Waals surface area (Å²) < 4.78 is 0. The van der Waals surface area contributed by atoms with E-state index in [-0.39, 0.29) is 0 Å². The van der Waals surface area contributed by atoms with Crippen molar-refractivity contribution >= 4 is 0 Å². The Balaban J connectivity index is 2.30. The average Bonchev–Trinajstić information content (AvgIpc) is 2.28. The van der Waals surface area contributed by atoms with E-state index in [1.807, 2.05) is 0 Å². The lowest BCUT2D eigenvalue weighted by molar-refractivity contribution is 0.106. The van der Waals surface area contributed by atoms with Crippen LogP contribution in [0.5, 0.6) is 0 Å². The van der Waals surface area contributed by atoms with Crippen molar-refractivity contribution in [3.63, 3.8) is 0 Å². The van der Waals surface area contributed by atoms with Crippen LogP contribution in [-0.4, -0.2) is 62.7 Å². The highest BCUT2D eigenvalue weighted by Crippen LogP contribution is 2.20. The van der Waals surface area contributed by atoms with Crippen LogP contribution >= 0.6 is 0 Å². The number of likely N-dealkylation sites (tertiary alicyclic amines) is 1. The Kier molecular flexibility index (Phi) is 6.78. The van der Waals surface area contributed by atoms with Gasteiger partial charge in [0.25, 0.3) is 0 Å². The summed E-state index contributed by atoms with van der Waals surface area (Å²) >= 11 is 0. The van der Waals surface area contributed by atoms with Crippen LogP contribution in [0.3, 0.4) is 0 Å². The minimum atomic E-state index is 0.354. The Morgan fingerprint density at radius 2 is 1.84 bits per heavy atom. The maximum atomic E-state index is 3.61. The second-order valence-electron chi connectivity index (χ2n) is 7.64. The summed E-state index contributed by atoms with van der Waals surface area (Å²) in [6, 6.07) is 0.778. The number of nitrogens with one attached hydrogen (secondary N) is 1. The van der Waals surface area contributed by atoms with Crippen molar-refractivity contribution in [3.8, 4) is 0 Å². The first-order chi connectivity index (χ1) is 8.80. The molecule has 0 aromatic heterocycles. The zero-order valence-corrected chi connectivity index (χ0v) is 14.0. The maximum absolute atomic E-state index is 3.61. The number of rotatable bonds is 7. The lowest BCUT2D eigenvalue weighted by Gasteiger charge is -2.39. The van der Waals surface area contributed by atoms with Crippen LogP contribution in [0.15, 0.2) is 0 Å². The Labute approximate surface area is 120 Å². The molecule has 1 aliphatic heterocycles. The van der Waals surface area contributed by atoms with Crippen LogP contribution < -0.4 is 5.32 Å². The van der Waals surface area contributed by atoms with Gasteiger partial charge in [0.2, 0.25) is 0 Å². The van der Waals surface area contributed by atoms with Crippen molar-refractivity contribution < 1.29 is 0 Å². The van der Waals surface area contributed by atoms with Crippen molar-refractivity contribution in [2.24, 2.45) is 11.3 Å². The largest absolute Gasteiger partial charge is 0.316 e. The van der Waals surface area contributed by atoms with E-state index in [1.165, 1.54) is 32.5 Å². The normalized spacial score (nSPS) is 19.6. The zero-order chi connectivity index (χ0) is 14.5. The fourth-order valence-corrected chi connectivity index (χ4v) is 3.00. The van der Waals surface area contributed by atoms with E-state index in [1.54, 1.807) is 0 Å². The van der Waals surface area contributed by atoms with E-state index >= 15 is 0 Å². The summed E-state index contributed by atoms with van der Waals surface area (Å²) in [5, 5.41) is 3.61. The van der Waals surface area contributed by atoms with E-state index in [2.05, 4.69) is 56.9 Å². The minimum Gasteiger partial charge on any atom is -0.316 e. The summed E-state index contributed by atoms with van der Waals surface area (Å²) in [6.07, 6.45) is 2.64. The maximum Gasteiger partial charge on any atom is 0.0117 e. The van der Waals surface area contributed by atoms with Crippen LogP contribution in [-0.2, 0) is 0 Å². The SMILES string of the molecule is CC(C)CNCC(C)(C)CN(C)C1CCN(C)CC1. The van der Waals surface area contributed by atoms with E-state index in [9.17, 15) is 0 Å². The number of hydrogen-bond acceptors (Lipinski definition) is 3. The Morgan fingerprint density at radius 3 is 2.37 bits per heavy atom. The molecule has 3 heteroatoms. The van der Waals surface area contributed by atoms with Crippen LogP contribution in [0.4, 0.5) is 0 Å². The third kappa shape index (κ3) is 6.73. The third-order valence-corrected chi connectivity index (χ3v) is 4.15. The monoisotopic (exact) mass is 269 g/mol. The van der Waals surface area contributed by atoms with Gasteiger partial charge in [0.1, 0.15) is 0 Å². The molecule has 0 aromatic rings. The molecule has 1 N–H and O–H groups in total. The van der Waals surface area contributed by atoms with Gasteiger partial charge in [-0.25, -0.2) is 0 Å². The smallest absolute Gasteiger partial charge is 0.0117 e. The number of nitrogens with zero attached hydrogens (tertiary/aromatic N) is 2. The first-order valence-corrected chi connectivity index (χ1v) is 7.89. The summed E-state index contributed by atoms with van der Waals surface area (Å²) in [6.45, 7) is 15.2.